The molecule has 0 aliphatic carbocycles. The summed E-state index contributed by atoms with van der Waals surface area (Å²) in [5, 5.41) is 8.34. The summed E-state index contributed by atoms with van der Waals surface area (Å²) in [6, 6.07) is 7.64. The first-order valence-corrected chi connectivity index (χ1v) is 5.37. The fourth-order valence-corrected chi connectivity index (χ4v) is 1.25. The standard InChI is InChI=1S/C13H16O4/c1-2-3-11-4-6-12(7-5-11)17-9-8-16-10-13(14)15/h2-7H,8-10H2,1H3,(H,14,15)/b3-2+. The Labute approximate surface area is 100 Å². The molecule has 0 aromatic heterocycles. The minimum absolute atomic E-state index is 0.267. The third kappa shape index (κ3) is 5.73. The quantitative estimate of drug-likeness (QED) is 0.737. The van der Waals surface area contributed by atoms with Crippen LogP contribution in [0, 0.1) is 0 Å². The van der Waals surface area contributed by atoms with Crippen molar-refractivity contribution in [2.24, 2.45) is 0 Å². The molecular formula is C13H16O4. The number of carboxylic acid groups (broad SMARTS) is 1. The van der Waals surface area contributed by atoms with Crippen LogP contribution in [-0.4, -0.2) is 30.9 Å². The number of carbonyl (C=O) groups is 1. The van der Waals surface area contributed by atoms with Crippen molar-refractivity contribution in [3.05, 3.63) is 35.9 Å². The largest absolute Gasteiger partial charge is 0.491 e. The average Bonchev–Trinajstić information content (AvgIpc) is 2.31. The van der Waals surface area contributed by atoms with Crippen molar-refractivity contribution in [1.82, 2.24) is 0 Å². The first-order valence-electron chi connectivity index (χ1n) is 5.37. The van der Waals surface area contributed by atoms with Crippen molar-refractivity contribution in [3.63, 3.8) is 0 Å². The van der Waals surface area contributed by atoms with Gasteiger partial charge in [0.2, 0.25) is 0 Å². The molecule has 4 heteroatoms. The van der Waals surface area contributed by atoms with Crippen LogP contribution in [0.5, 0.6) is 5.75 Å². The van der Waals surface area contributed by atoms with Crippen LogP contribution in [0.1, 0.15) is 12.5 Å². The first-order chi connectivity index (χ1) is 8.22. The number of hydrogen-bond donors (Lipinski definition) is 1. The summed E-state index contributed by atoms with van der Waals surface area (Å²) in [6.07, 6.45) is 3.97. The van der Waals surface area contributed by atoms with Gasteiger partial charge < -0.3 is 14.6 Å². The monoisotopic (exact) mass is 236 g/mol. The van der Waals surface area contributed by atoms with Gasteiger partial charge in [0.05, 0.1) is 6.61 Å². The maximum absolute atomic E-state index is 10.2. The second-order valence-corrected chi connectivity index (χ2v) is 3.36. The summed E-state index contributed by atoms with van der Waals surface area (Å²) in [4.78, 5) is 10.2. The molecule has 0 heterocycles. The second kappa shape index (κ2) is 7.46. The molecule has 0 aliphatic rings. The molecule has 0 unspecified atom stereocenters. The number of carboxylic acids is 1. The van der Waals surface area contributed by atoms with E-state index in [9.17, 15) is 4.79 Å². The second-order valence-electron chi connectivity index (χ2n) is 3.36. The minimum atomic E-state index is -0.972. The van der Waals surface area contributed by atoms with Crippen LogP contribution in [0.3, 0.4) is 0 Å². The van der Waals surface area contributed by atoms with Crippen LogP contribution in [0.4, 0.5) is 0 Å². The Balaban J connectivity index is 2.25. The lowest BCUT2D eigenvalue weighted by Gasteiger charge is -2.06. The lowest BCUT2D eigenvalue weighted by atomic mass is 10.2. The Kier molecular flexibility index (Phi) is 5.82. The van der Waals surface area contributed by atoms with Crippen molar-refractivity contribution >= 4 is 12.0 Å². The summed E-state index contributed by atoms with van der Waals surface area (Å²) in [5.41, 5.74) is 1.11. The van der Waals surface area contributed by atoms with Gasteiger partial charge in [-0.05, 0) is 24.6 Å². The summed E-state index contributed by atoms with van der Waals surface area (Å²) in [7, 11) is 0. The van der Waals surface area contributed by atoms with Crippen LogP contribution in [0.2, 0.25) is 0 Å². The van der Waals surface area contributed by atoms with E-state index in [0.717, 1.165) is 11.3 Å². The van der Waals surface area contributed by atoms with Gasteiger partial charge in [-0.2, -0.15) is 0 Å². The normalized spacial score (nSPS) is 10.6. The maximum Gasteiger partial charge on any atom is 0.329 e. The van der Waals surface area contributed by atoms with E-state index in [1.54, 1.807) is 0 Å². The van der Waals surface area contributed by atoms with Gasteiger partial charge in [-0.3, -0.25) is 0 Å². The van der Waals surface area contributed by atoms with Crippen LogP contribution in [-0.2, 0) is 9.53 Å². The first kappa shape index (κ1) is 13.3. The minimum Gasteiger partial charge on any atom is -0.491 e. The van der Waals surface area contributed by atoms with E-state index in [1.165, 1.54) is 0 Å². The molecule has 0 bridgehead atoms. The molecule has 4 nitrogen and oxygen atoms in total. The summed E-state index contributed by atoms with van der Waals surface area (Å²) >= 11 is 0. The molecule has 17 heavy (non-hydrogen) atoms. The van der Waals surface area contributed by atoms with Gasteiger partial charge >= 0.3 is 5.97 Å². The van der Waals surface area contributed by atoms with Crippen LogP contribution in [0.25, 0.3) is 6.08 Å². The van der Waals surface area contributed by atoms with E-state index in [0.29, 0.717) is 6.61 Å². The zero-order valence-corrected chi connectivity index (χ0v) is 9.76. The zero-order valence-electron chi connectivity index (χ0n) is 9.76. The third-order valence-corrected chi connectivity index (χ3v) is 1.96. The highest BCUT2D eigenvalue weighted by molar-refractivity contribution is 5.67. The topological polar surface area (TPSA) is 55.8 Å². The number of aliphatic carboxylic acids is 1. The Morgan fingerprint density at radius 2 is 2.00 bits per heavy atom. The van der Waals surface area contributed by atoms with Crippen molar-refractivity contribution in [2.75, 3.05) is 19.8 Å². The highest BCUT2D eigenvalue weighted by atomic mass is 16.5. The Morgan fingerprint density at radius 1 is 1.29 bits per heavy atom. The molecule has 0 saturated carbocycles. The zero-order chi connectivity index (χ0) is 12.5. The molecule has 0 fully saturated rings. The summed E-state index contributed by atoms with van der Waals surface area (Å²) in [6.45, 7) is 2.28. The Bertz CT molecular complexity index is 368. The average molecular weight is 236 g/mol. The van der Waals surface area contributed by atoms with Crippen molar-refractivity contribution in [2.45, 2.75) is 6.92 Å². The highest BCUT2D eigenvalue weighted by Gasteiger charge is 1.97. The van der Waals surface area contributed by atoms with Crippen molar-refractivity contribution in [3.8, 4) is 5.75 Å². The molecule has 1 aromatic carbocycles. The number of hydrogen-bond acceptors (Lipinski definition) is 3. The molecule has 0 saturated heterocycles. The lowest BCUT2D eigenvalue weighted by molar-refractivity contribution is -0.142. The molecule has 0 aliphatic heterocycles. The van der Waals surface area contributed by atoms with E-state index in [1.807, 2.05) is 43.3 Å². The lowest BCUT2D eigenvalue weighted by Crippen LogP contribution is -2.12. The number of rotatable bonds is 7. The van der Waals surface area contributed by atoms with Crippen LogP contribution in [0.15, 0.2) is 30.3 Å². The smallest absolute Gasteiger partial charge is 0.329 e. The Hall–Kier alpha value is -1.81. The van der Waals surface area contributed by atoms with E-state index in [-0.39, 0.29) is 13.2 Å². The molecule has 0 amide bonds. The third-order valence-electron chi connectivity index (χ3n) is 1.96. The molecule has 0 atom stereocenters. The summed E-state index contributed by atoms with van der Waals surface area (Å²) < 4.78 is 10.2. The van der Waals surface area contributed by atoms with Crippen molar-refractivity contribution in [1.29, 1.82) is 0 Å². The Morgan fingerprint density at radius 3 is 2.59 bits per heavy atom. The number of benzene rings is 1. The maximum atomic E-state index is 10.2. The van der Waals surface area contributed by atoms with Gasteiger partial charge in [-0.25, -0.2) is 4.79 Å². The van der Waals surface area contributed by atoms with E-state index >= 15 is 0 Å². The molecule has 0 radical (unpaired) electrons. The van der Waals surface area contributed by atoms with Gasteiger partial charge in [0, 0.05) is 0 Å². The van der Waals surface area contributed by atoms with Crippen molar-refractivity contribution < 1.29 is 19.4 Å². The van der Waals surface area contributed by atoms with Crippen LogP contribution >= 0.6 is 0 Å². The fourth-order valence-electron chi connectivity index (χ4n) is 1.25. The van der Waals surface area contributed by atoms with E-state index < -0.39 is 5.97 Å². The molecule has 92 valence electrons. The predicted molar refractivity (Wildman–Crippen MR) is 65.1 cm³/mol. The molecule has 1 aromatic rings. The SMILES string of the molecule is C/C=C/c1ccc(OCCOCC(=O)O)cc1. The molecular weight excluding hydrogens is 220 g/mol. The number of ether oxygens (including phenoxy) is 2. The highest BCUT2D eigenvalue weighted by Crippen LogP contribution is 2.12. The molecule has 1 N–H and O–H groups in total. The van der Waals surface area contributed by atoms with Gasteiger partial charge in [-0.15, -0.1) is 0 Å². The van der Waals surface area contributed by atoms with Gasteiger partial charge in [-0.1, -0.05) is 24.3 Å². The number of allylic oxidation sites excluding steroid dienone is 1. The van der Waals surface area contributed by atoms with Gasteiger partial charge in [0.1, 0.15) is 19.0 Å². The molecule has 1 rings (SSSR count). The summed E-state index contributed by atoms with van der Waals surface area (Å²) in [5.74, 6) is -0.224. The van der Waals surface area contributed by atoms with E-state index in [2.05, 4.69) is 0 Å². The molecule has 0 spiro atoms. The fraction of sp³-hybridized carbons (Fsp3) is 0.308. The van der Waals surface area contributed by atoms with Gasteiger partial charge in [0.25, 0.3) is 0 Å². The van der Waals surface area contributed by atoms with Gasteiger partial charge in [0.15, 0.2) is 0 Å². The predicted octanol–water partition coefficient (Wildman–Crippen LogP) is 2.20. The van der Waals surface area contributed by atoms with E-state index in [4.69, 9.17) is 14.6 Å². The van der Waals surface area contributed by atoms with Crippen LogP contribution < -0.4 is 4.74 Å².